The van der Waals surface area contributed by atoms with E-state index in [4.69, 9.17) is 9.47 Å². The summed E-state index contributed by atoms with van der Waals surface area (Å²) >= 11 is 0. The Balaban J connectivity index is 1.13. The van der Waals surface area contributed by atoms with Gasteiger partial charge in [0.15, 0.2) is 0 Å². The van der Waals surface area contributed by atoms with Gasteiger partial charge in [0.1, 0.15) is 36.5 Å². The van der Waals surface area contributed by atoms with Crippen LogP contribution in [0.2, 0.25) is 0 Å². The van der Waals surface area contributed by atoms with Crippen LogP contribution in [-0.2, 0) is 28.7 Å². The van der Waals surface area contributed by atoms with E-state index in [1.807, 2.05) is 69.5 Å². The number of nitrogens with one attached hydrogen (secondary N) is 2. The zero-order valence-electron chi connectivity index (χ0n) is 32.6. The molecule has 0 saturated carbocycles. The fraction of sp³-hybridized carbons (Fsp3) is 0.833. The van der Waals surface area contributed by atoms with Gasteiger partial charge in [0, 0.05) is 35.0 Å². The second-order valence-corrected chi connectivity index (χ2v) is 17.8. The minimum Gasteiger partial charge on any atom is -0.463 e. The topological polar surface area (TPSA) is 198 Å². The smallest absolute Gasteiger partial charge is 0.325 e. The normalized spacial score (nSPS) is 25.6. The third-order valence-electron chi connectivity index (χ3n) is 11.7. The highest BCUT2D eigenvalue weighted by Crippen LogP contribution is 2.46. The molecule has 2 atom stereocenters. The highest BCUT2D eigenvalue weighted by Gasteiger charge is 2.62. The van der Waals surface area contributed by atoms with Crippen LogP contribution >= 0.6 is 0 Å². The molecule has 6 amide bonds. The average molecular weight is 737 g/mol. The first kappa shape index (κ1) is 41.4. The van der Waals surface area contributed by atoms with Gasteiger partial charge in [-0.25, -0.2) is 9.59 Å². The monoisotopic (exact) mass is 736 g/mol. The number of piperidine rings is 2. The molecule has 0 aliphatic carbocycles. The summed E-state index contributed by atoms with van der Waals surface area (Å²) in [4.78, 5) is 83.6. The number of β-amino-alcohol motifs (C(OH)–C–C–N with tert-alkyl or cyclic N) is 2. The fourth-order valence-corrected chi connectivity index (χ4v) is 8.94. The lowest BCUT2D eigenvalue weighted by Crippen LogP contribution is -2.68. The van der Waals surface area contributed by atoms with Gasteiger partial charge < -0.3 is 30.3 Å². The number of ether oxygens (including phenoxy) is 2. The SMILES string of the molecule is CN1C(C)(C)CC2(CC1(C)C)NC(=O)N(CC(O)COC(=O)CCCCC(=O)OCC(O)CN1C(=O)NC3(CC(C)(C)N(C)C(C)(C)C3)C1=O)C2=O. The zero-order valence-corrected chi connectivity index (χ0v) is 32.6. The number of likely N-dealkylation sites (tertiary alicyclic amines) is 2. The number of unbranched alkanes of at least 4 members (excludes halogenated alkanes) is 1. The summed E-state index contributed by atoms with van der Waals surface area (Å²) in [6.07, 6.45) is -0.416. The molecule has 52 heavy (non-hydrogen) atoms. The average Bonchev–Trinajstić information content (AvgIpc) is 3.35. The minimum atomic E-state index is -1.28. The Bertz CT molecular complexity index is 1300. The van der Waals surface area contributed by atoms with Gasteiger partial charge in [-0.3, -0.25) is 38.8 Å². The molecule has 4 fully saturated rings. The van der Waals surface area contributed by atoms with Crippen molar-refractivity contribution in [1.82, 2.24) is 30.2 Å². The lowest BCUT2D eigenvalue weighted by molar-refractivity contribution is -0.150. The molecule has 16 heteroatoms. The summed E-state index contributed by atoms with van der Waals surface area (Å²) in [5.74, 6) is -2.03. The van der Waals surface area contributed by atoms with E-state index >= 15 is 0 Å². The van der Waals surface area contributed by atoms with E-state index in [1.54, 1.807) is 0 Å². The van der Waals surface area contributed by atoms with E-state index in [9.17, 15) is 39.0 Å². The van der Waals surface area contributed by atoms with Gasteiger partial charge in [-0.15, -0.1) is 0 Å². The second kappa shape index (κ2) is 14.5. The largest absolute Gasteiger partial charge is 0.463 e. The number of aliphatic hydroxyl groups is 2. The van der Waals surface area contributed by atoms with E-state index in [2.05, 4.69) is 20.4 Å². The minimum absolute atomic E-state index is 0.0378. The van der Waals surface area contributed by atoms with Crippen LogP contribution in [0.3, 0.4) is 0 Å². The molecule has 4 aliphatic rings. The van der Waals surface area contributed by atoms with Gasteiger partial charge in [0.05, 0.1) is 13.1 Å². The van der Waals surface area contributed by atoms with Crippen molar-refractivity contribution in [1.29, 1.82) is 0 Å². The zero-order chi connectivity index (χ0) is 39.2. The second-order valence-electron chi connectivity index (χ2n) is 17.8. The highest BCUT2D eigenvalue weighted by molar-refractivity contribution is 6.08. The van der Waals surface area contributed by atoms with E-state index in [0.29, 0.717) is 25.7 Å². The molecule has 4 heterocycles. The van der Waals surface area contributed by atoms with Crippen molar-refractivity contribution in [3.8, 4) is 0 Å². The molecule has 294 valence electrons. The van der Waals surface area contributed by atoms with Gasteiger partial charge in [-0.2, -0.15) is 0 Å². The fourth-order valence-electron chi connectivity index (χ4n) is 8.94. The van der Waals surface area contributed by atoms with Crippen LogP contribution in [0.5, 0.6) is 0 Å². The summed E-state index contributed by atoms with van der Waals surface area (Å²) in [6, 6.07) is -1.18. The number of hydrogen-bond acceptors (Lipinski definition) is 12. The molecule has 0 aromatic rings. The molecule has 16 nitrogen and oxygen atoms in total. The molecule has 4 aliphatic heterocycles. The molecule has 0 bridgehead atoms. The number of amides is 6. The van der Waals surface area contributed by atoms with Crippen LogP contribution < -0.4 is 10.6 Å². The molecule has 2 spiro atoms. The number of esters is 2. The third-order valence-corrected chi connectivity index (χ3v) is 11.7. The van der Waals surface area contributed by atoms with Crippen LogP contribution in [0.1, 0.15) is 107 Å². The van der Waals surface area contributed by atoms with E-state index in [0.717, 1.165) is 9.80 Å². The first-order valence-corrected chi connectivity index (χ1v) is 18.2. The number of imide groups is 2. The number of aliphatic hydroxyl groups excluding tert-OH is 2. The van der Waals surface area contributed by atoms with Crippen LogP contribution in [0.4, 0.5) is 9.59 Å². The van der Waals surface area contributed by atoms with Crippen molar-refractivity contribution in [3.63, 3.8) is 0 Å². The van der Waals surface area contributed by atoms with Gasteiger partial charge in [-0.1, -0.05) is 0 Å². The summed E-state index contributed by atoms with van der Waals surface area (Å²) in [5.41, 5.74) is -3.63. The van der Waals surface area contributed by atoms with Gasteiger partial charge in [0.2, 0.25) is 0 Å². The molecule has 0 radical (unpaired) electrons. The number of rotatable bonds is 13. The molecule has 2 unspecified atom stereocenters. The van der Waals surface area contributed by atoms with Gasteiger partial charge in [0.25, 0.3) is 11.8 Å². The molecule has 4 N–H and O–H groups in total. The maximum Gasteiger partial charge on any atom is 0.325 e. The Kier molecular flexibility index (Phi) is 11.5. The Morgan fingerprint density at radius 2 is 0.904 bits per heavy atom. The van der Waals surface area contributed by atoms with Crippen molar-refractivity contribution in [2.24, 2.45) is 0 Å². The third kappa shape index (κ3) is 8.39. The first-order chi connectivity index (χ1) is 23.8. The number of urea groups is 2. The molecule has 4 rings (SSSR count). The van der Waals surface area contributed by atoms with Crippen LogP contribution in [0, 0.1) is 0 Å². The maximum absolute atomic E-state index is 13.5. The predicted molar refractivity (Wildman–Crippen MR) is 189 cm³/mol. The molecule has 0 aromatic carbocycles. The van der Waals surface area contributed by atoms with Crippen molar-refractivity contribution < 1.29 is 48.5 Å². The van der Waals surface area contributed by atoms with Gasteiger partial charge >= 0.3 is 24.0 Å². The molecular weight excluding hydrogens is 676 g/mol. The number of carbonyl (C=O) groups excluding carboxylic acids is 6. The Morgan fingerprint density at radius 1 is 0.615 bits per heavy atom. The van der Waals surface area contributed by atoms with Crippen LogP contribution in [0.25, 0.3) is 0 Å². The van der Waals surface area contributed by atoms with Crippen molar-refractivity contribution in [3.05, 3.63) is 0 Å². The van der Waals surface area contributed by atoms with Crippen LogP contribution in [-0.4, -0.2) is 151 Å². The number of hydrogen-bond donors (Lipinski definition) is 4. The molecule has 4 saturated heterocycles. The first-order valence-electron chi connectivity index (χ1n) is 18.2. The maximum atomic E-state index is 13.5. The Hall–Kier alpha value is -3.34. The van der Waals surface area contributed by atoms with Crippen LogP contribution in [0.15, 0.2) is 0 Å². The molecular formula is C36H60N6O10. The van der Waals surface area contributed by atoms with E-state index in [-0.39, 0.29) is 60.9 Å². The predicted octanol–water partition coefficient (Wildman–Crippen LogP) is 1.50. The summed E-state index contributed by atoms with van der Waals surface area (Å²) in [6.45, 7) is 14.7. The highest BCUT2D eigenvalue weighted by atomic mass is 16.5. The number of nitrogens with zero attached hydrogens (tertiary/aromatic N) is 4. The standard InChI is InChI=1S/C36H60N6O10/c1-31(2)19-35(20-32(3,4)39(31)9)27(47)41(29(49)37-35)15-23(43)17-51-25(45)13-11-12-14-26(46)52-18-24(44)16-42-28(48)36(38-30(42)50)21-33(5,6)40(10)34(7,8)22-36/h23-24,43-44H,11-22H2,1-10H3,(H,37,49)(H,38,50). The van der Waals surface area contributed by atoms with E-state index < -0.39 is 72.3 Å². The summed E-state index contributed by atoms with van der Waals surface area (Å²) in [5, 5.41) is 26.8. The lowest BCUT2D eigenvalue weighted by Gasteiger charge is -2.56. The summed E-state index contributed by atoms with van der Waals surface area (Å²) in [7, 11) is 3.99. The summed E-state index contributed by atoms with van der Waals surface area (Å²) < 4.78 is 10.3. The van der Waals surface area contributed by atoms with Crippen molar-refractivity contribution in [2.45, 2.75) is 152 Å². The lowest BCUT2D eigenvalue weighted by atomic mass is 9.69. The Labute approximate surface area is 306 Å². The van der Waals surface area contributed by atoms with E-state index in [1.165, 1.54) is 0 Å². The van der Waals surface area contributed by atoms with Crippen molar-refractivity contribution >= 4 is 35.8 Å². The number of carbonyl (C=O) groups is 6. The van der Waals surface area contributed by atoms with Gasteiger partial charge in [-0.05, 0) is 108 Å². The quantitative estimate of drug-likeness (QED) is 0.121. The Morgan fingerprint density at radius 3 is 1.19 bits per heavy atom. The molecule has 0 aromatic heterocycles. The van der Waals surface area contributed by atoms with Crippen molar-refractivity contribution in [2.75, 3.05) is 40.4 Å².